The molecule has 0 spiro atoms. The second-order valence-electron chi connectivity index (χ2n) is 6.53. The van der Waals surface area contributed by atoms with E-state index in [1.165, 1.54) is 24.2 Å². The van der Waals surface area contributed by atoms with Gasteiger partial charge in [0.15, 0.2) is 0 Å². The lowest BCUT2D eigenvalue weighted by molar-refractivity contribution is 0.507. The first-order valence-corrected chi connectivity index (χ1v) is 7.91. The van der Waals surface area contributed by atoms with Gasteiger partial charge >= 0.3 is 0 Å². The maximum Gasteiger partial charge on any atom is 0.0729 e. The lowest BCUT2D eigenvalue weighted by atomic mass is 10.2. The fraction of sp³-hybridized carbons (Fsp3) is 0.625. The molecule has 114 valence electrons. The van der Waals surface area contributed by atoms with Gasteiger partial charge in [-0.3, -0.25) is 9.36 Å². The van der Waals surface area contributed by atoms with Crippen LogP contribution in [0.25, 0.3) is 0 Å². The Bertz CT molecular complexity index is 604. The molecular weight excluding hydrogens is 262 g/mol. The molecule has 1 fully saturated rings. The lowest BCUT2D eigenvalue weighted by Crippen LogP contribution is -2.11. The van der Waals surface area contributed by atoms with Crippen molar-refractivity contribution >= 4 is 5.69 Å². The minimum atomic E-state index is 0.392. The summed E-state index contributed by atoms with van der Waals surface area (Å²) in [5, 5.41) is 12.6. The number of anilines is 1. The van der Waals surface area contributed by atoms with E-state index >= 15 is 0 Å². The summed E-state index contributed by atoms with van der Waals surface area (Å²) < 4.78 is 4.12. The van der Waals surface area contributed by atoms with Gasteiger partial charge in [-0.1, -0.05) is 0 Å². The van der Waals surface area contributed by atoms with E-state index in [2.05, 4.69) is 55.1 Å². The first kappa shape index (κ1) is 14.2. The zero-order valence-electron chi connectivity index (χ0n) is 13.4. The Kier molecular flexibility index (Phi) is 3.74. The molecule has 2 aromatic heterocycles. The first-order chi connectivity index (χ1) is 10.0. The topological polar surface area (TPSA) is 47.7 Å². The molecule has 0 aliphatic heterocycles. The first-order valence-electron chi connectivity index (χ1n) is 7.91. The average Bonchev–Trinajstić information content (AvgIpc) is 3.02. The summed E-state index contributed by atoms with van der Waals surface area (Å²) in [6, 6.07) is 3.05. The van der Waals surface area contributed by atoms with Gasteiger partial charge in [0.2, 0.25) is 0 Å². The normalized spacial score (nSPS) is 15.1. The minimum absolute atomic E-state index is 0.392. The van der Waals surface area contributed by atoms with Gasteiger partial charge in [-0.15, -0.1) is 0 Å². The molecule has 0 aromatic carbocycles. The Balaban J connectivity index is 1.71. The van der Waals surface area contributed by atoms with Gasteiger partial charge in [-0.25, -0.2) is 0 Å². The van der Waals surface area contributed by atoms with Crippen molar-refractivity contribution in [2.24, 2.45) is 0 Å². The molecule has 3 rings (SSSR count). The Morgan fingerprint density at radius 3 is 2.57 bits per heavy atom. The van der Waals surface area contributed by atoms with E-state index in [1.807, 2.05) is 10.9 Å². The maximum atomic E-state index is 4.77. The van der Waals surface area contributed by atoms with Crippen LogP contribution < -0.4 is 5.32 Å². The van der Waals surface area contributed by atoms with Crippen molar-refractivity contribution in [2.45, 2.75) is 65.1 Å². The van der Waals surface area contributed by atoms with Crippen LogP contribution in [0.2, 0.25) is 0 Å². The van der Waals surface area contributed by atoms with Crippen LogP contribution in [0.15, 0.2) is 18.5 Å². The summed E-state index contributed by atoms with van der Waals surface area (Å²) in [5.41, 5.74) is 3.58. The molecule has 21 heavy (non-hydrogen) atoms. The van der Waals surface area contributed by atoms with Gasteiger partial charge < -0.3 is 5.32 Å². The quantitative estimate of drug-likeness (QED) is 0.880. The number of hydrogen-bond acceptors (Lipinski definition) is 3. The molecule has 2 aromatic rings. The third kappa shape index (κ3) is 3.12. The number of nitrogens with one attached hydrogen (secondary N) is 1. The second kappa shape index (κ2) is 5.54. The zero-order valence-corrected chi connectivity index (χ0v) is 13.4. The fourth-order valence-electron chi connectivity index (χ4n) is 2.52. The Labute approximate surface area is 126 Å². The smallest absolute Gasteiger partial charge is 0.0729 e. The molecule has 5 heteroatoms. The van der Waals surface area contributed by atoms with Crippen molar-refractivity contribution in [1.82, 2.24) is 19.6 Å². The summed E-state index contributed by atoms with van der Waals surface area (Å²) in [6.07, 6.45) is 6.53. The largest absolute Gasteiger partial charge is 0.377 e. The summed E-state index contributed by atoms with van der Waals surface area (Å²) in [5.74, 6) is 0.701. The van der Waals surface area contributed by atoms with E-state index in [0.717, 1.165) is 12.2 Å². The van der Waals surface area contributed by atoms with E-state index in [-0.39, 0.29) is 0 Å². The number of rotatable bonds is 6. The van der Waals surface area contributed by atoms with Gasteiger partial charge in [-0.2, -0.15) is 10.2 Å². The third-order valence-corrected chi connectivity index (χ3v) is 3.92. The summed E-state index contributed by atoms with van der Waals surface area (Å²) in [7, 11) is 0. The SMILES string of the molecule is CC(C)n1cc(NCc2cc(C3CC3)nn2C(C)C)cn1. The molecule has 2 heterocycles. The predicted octanol–water partition coefficient (Wildman–Crippen LogP) is 3.73. The van der Waals surface area contributed by atoms with E-state index in [4.69, 9.17) is 5.10 Å². The molecule has 1 saturated carbocycles. The molecule has 0 amide bonds. The third-order valence-electron chi connectivity index (χ3n) is 3.92. The van der Waals surface area contributed by atoms with E-state index in [0.29, 0.717) is 18.0 Å². The highest BCUT2D eigenvalue weighted by Gasteiger charge is 2.27. The van der Waals surface area contributed by atoms with Crippen LogP contribution in [0.3, 0.4) is 0 Å². The van der Waals surface area contributed by atoms with Crippen molar-refractivity contribution in [3.05, 3.63) is 29.8 Å². The van der Waals surface area contributed by atoms with Gasteiger partial charge in [0, 0.05) is 24.2 Å². The highest BCUT2D eigenvalue weighted by molar-refractivity contribution is 5.39. The minimum Gasteiger partial charge on any atom is -0.377 e. The van der Waals surface area contributed by atoms with Crippen molar-refractivity contribution in [2.75, 3.05) is 5.32 Å². The molecule has 0 saturated heterocycles. The Hall–Kier alpha value is -1.78. The monoisotopic (exact) mass is 287 g/mol. The number of hydrogen-bond donors (Lipinski definition) is 1. The average molecular weight is 287 g/mol. The number of aromatic nitrogens is 4. The van der Waals surface area contributed by atoms with Crippen molar-refractivity contribution in [1.29, 1.82) is 0 Å². The standard InChI is InChI=1S/C16H25N5/c1-11(2)20-10-14(8-18-20)17-9-15-7-16(13-5-6-13)19-21(15)12(3)4/h7-8,10-13,17H,5-6,9H2,1-4H3. The second-order valence-corrected chi connectivity index (χ2v) is 6.53. The van der Waals surface area contributed by atoms with Crippen LogP contribution in [-0.4, -0.2) is 19.6 Å². The van der Waals surface area contributed by atoms with Gasteiger partial charge in [0.05, 0.1) is 29.8 Å². The molecule has 0 unspecified atom stereocenters. The zero-order chi connectivity index (χ0) is 15.0. The molecule has 1 aliphatic rings. The molecule has 5 nitrogen and oxygen atoms in total. The van der Waals surface area contributed by atoms with Crippen molar-refractivity contribution in [3.8, 4) is 0 Å². The van der Waals surface area contributed by atoms with Gasteiger partial charge in [-0.05, 0) is 46.6 Å². The van der Waals surface area contributed by atoms with Crippen LogP contribution in [0.4, 0.5) is 5.69 Å². The van der Waals surface area contributed by atoms with Crippen LogP contribution >= 0.6 is 0 Å². The van der Waals surface area contributed by atoms with E-state index < -0.39 is 0 Å². The van der Waals surface area contributed by atoms with Crippen molar-refractivity contribution < 1.29 is 0 Å². The Morgan fingerprint density at radius 2 is 2.00 bits per heavy atom. The van der Waals surface area contributed by atoms with Crippen LogP contribution in [0.1, 0.15) is 69.9 Å². The lowest BCUT2D eigenvalue weighted by Gasteiger charge is -2.11. The van der Waals surface area contributed by atoms with Gasteiger partial charge in [0.25, 0.3) is 0 Å². The molecule has 0 atom stereocenters. The van der Waals surface area contributed by atoms with Crippen LogP contribution in [0, 0.1) is 0 Å². The molecule has 0 radical (unpaired) electrons. The molecule has 1 N–H and O–H groups in total. The van der Waals surface area contributed by atoms with E-state index in [9.17, 15) is 0 Å². The van der Waals surface area contributed by atoms with E-state index in [1.54, 1.807) is 0 Å². The predicted molar refractivity (Wildman–Crippen MR) is 84.5 cm³/mol. The summed E-state index contributed by atoms with van der Waals surface area (Å²) in [6.45, 7) is 9.43. The summed E-state index contributed by atoms with van der Waals surface area (Å²) in [4.78, 5) is 0. The van der Waals surface area contributed by atoms with Crippen LogP contribution in [-0.2, 0) is 6.54 Å². The van der Waals surface area contributed by atoms with Crippen molar-refractivity contribution in [3.63, 3.8) is 0 Å². The molecule has 1 aliphatic carbocycles. The highest BCUT2D eigenvalue weighted by atomic mass is 15.3. The summed E-state index contributed by atoms with van der Waals surface area (Å²) >= 11 is 0. The molecular formula is C16H25N5. The fourth-order valence-corrected chi connectivity index (χ4v) is 2.52. The van der Waals surface area contributed by atoms with Crippen LogP contribution in [0.5, 0.6) is 0 Å². The highest BCUT2D eigenvalue weighted by Crippen LogP contribution is 2.39. The maximum absolute atomic E-state index is 4.77. The molecule has 0 bridgehead atoms. The van der Waals surface area contributed by atoms with Gasteiger partial charge in [0.1, 0.15) is 0 Å². The number of nitrogens with zero attached hydrogens (tertiary/aromatic N) is 4. The Morgan fingerprint density at radius 1 is 1.24 bits per heavy atom.